The number of ether oxygens (including phenoxy) is 1. The molecule has 8 nitrogen and oxygen atoms in total. The Morgan fingerprint density at radius 2 is 2.17 bits per heavy atom. The lowest BCUT2D eigenvalue weighted by molar-refractivity contribution is -0.136. The fourth-order valence-electron chi connectivity index (χ4n) is 1.67. The minimum Gasteiger partial charge on any atom is -0.481 e. The van der Waals surface area contributed by atoms with Crippen molar-refractivity contribution in [3.63, 3.8) is 0 Å². The first-order valence-corrected chi connectivity index (χ1v) is 7.00. The van der Waals surface area contributed by atoms with Crippen LogP contribution < -0.4 is 5.32 Å². The molecule has 0 aromatic carbocycles. The van der Waals surface area contributed by atoms with Crippen LogP contribution in [0.15, 0.2) is 0 Å². The molecular weight excluding hydrogens is 264 g/mol. The molecule has 0 bridgehead atoms. The van der Waals surface area contributed by atoms with Crippen LogP contribution in [0.5, 0.6) is 0 Å². The van der Waals surface area contributed by atoms with Gasteiger partial charge in [-0.3, -0.25) is 4.79 Å². The monoisotopic (exact) mass is 280 g/mol. The van der Waals surface area contributed by atoms with Gasteiger partial charge in [-0.25, -0.2) is 13.2 Å². The zero-order valence-corrected chi connectivity index (χ0v) is 10.8. The van der Waals surface area contributed by atoms with Crippen molar-refractivity contribution in [3.05, 3.63) is 0 Å². The number of methoxy groups -OCH3 is 1. The highest BCUT2D eigenvalue weighted by atomic mass is 32.2. The van der Waals surface area contributed by atoms with E-state index in [1.165, 1.54) is 11.4 Å². The summed E-state index contributed by atoms with van der Waals surface area (Å²) in [6, 6.07) is -0.294. The fourth-order valence-corrected chi connectivity index (χ4v) is 3.15. The molecule has 1 aliphatic heterocycles. The highest BCUT2D eigenvalue weighted by Crippen LogP contribution is 2.15. The molecule has 0 radical (unpaired) electrons. The number of hydrogen-bond acceptors (Lipinski definition) is 5. The van der Waals surface area contributed by atoms with Gasteiger partial charge in [0.2, 0.25) is 10.0 Å². The molecule has 0 aliphatic carbocycles. The summed E-state index contributed by atoms with van der Waals surface area (Å²) in [6.07, 6.45) is -0.542. The highest BCUT2D eigenvalue weighted by molar-refractivity contribution is 7.89. The number of aliphatic carboxylic acids is 1. The third-order valence-corrected chi connectivity index (χ3v) is 4.46. The number of carbonyl (C=O) groups excluding carboxylic acids is 1. The Kier molecular flexibility index (Phi) is 4.91. The Balaban J connectivity index is 2.50. The van der Waals surface area contributed by atoms with Crippen molar-refractivity contribution in [2.45, 2.75) is 18.9 Å². The minimum absolute atomic E-state index is 0.150. The number of amides is 1. The predicted octanol–water partition coefficient (Wildman–Crippen LogP) is -0.779. The number of alkyl carbamates (subject to hydrolysis) is 1. The molecule has 1 amide bonds. The van der Waals surface area contributed by atoms with E-state index in [2.05, 4.69) is 10.1 Å². The van der Waals surface area contributed by atoms with Gasteiger partial charge in [-0.15, -0.1) is 0 Å². The van der Waals surface area contributed by atoms with Gasteiger partial charge < -0.3 is 15.2 Å². The van der Waals surface area contributed by atoms with Gasteiger partial charge in [0.15, 0.2) is 0 Å². The molecule has 1 fully saturated rings. The first-order chi connectivity index (χ1) is 8.35. The summed E-state index contributed by atoms with van der Waals surface area (Å²) in [5.41, 5.74) is 0. The molecule has 0 aromatic rings. The number of nitrogens with one attached hydrogen (secondary N) is 1. The number of rotatable bonds is 5. The molecule has 0 saturated carbocycles. The van der Waals surface area contributed by atoms with Gasteiger partial charge in [0.25, 0.3) is 0 Å². The van der Waals surface area contributed by atoms with Crippen LogP contribution in [0.1, 0.15) is 12.8 Å². The molecule has 1 atom stereocenters. The van der Waals surface area contributed by atoms with Crippen LogP contribution in [0.25, 0.3) is 0 Å². The Morgan fingerprint density at radius 3 is 2.72 bits per heavy atom. The first kappa shape index (κ1) is 14.7. The highest BCUT2D eigenvalue weighted by Gasteiger charge is 2.32. The van der Waals surface area contributed by atoms with E-state index in [1.54, 1.807) is 0 Å². The molecule has 18 heavy (non-hydrogen) atoms. The fraction of sp³-hybridized carbons (Fsp3) is 0.778. The van der Waals surface area contributed by atoms with Crippen LogP contribution in [0, 0.1) is 0 Å². The Morgan fingerprint density at radius 1 is 1.50 bits per heavy atom. The molecule has 1 unspecified atom stereocenters. The van der Waals surface area contributed by atoms with E-state index in [9.17, 15) is 18.0 Å². The summed E-state index contributed by atoms with van der Waals surface area (Å²) in [4.78, 5) is 21.3. The van der Waals surface area contributed by atoms with Crippen molar-refractivity contribution in [3.8, 4) is 0 Å². The van der Waals surface area contributed by atoms with E-state index < -0.39 is 34.3 Å². The number of hydrogen-bond donors (Lipinski definition) is 2. The zero-order chi connectivity index (χ0) is 13.8. The van der Waals surface area contributed by atoms with Gasteiger partial charge in [-0.1, -0.05) is 0 Å². The van der Waals surface area contributed by atoms with Crippen molar-refractivity contribution in [1.29, 1.82) is 0 Å². The maximum absolute atomic E-state index is 11.8. The van der Waals surface area contributed by atoms with E-state index in [0.29, 0.717) is 6.42 Å². The first-order valence-electron chi connectivity index (χ1n) is 5.39. The molecule has 1 saturated heterocycles. The molecule has 1 rings (SSSR count). The summed E-state index contributed by atoms with van der Waals surface area (Å²) in [5, 5.41) is 11.0. The summed E-state index contributed by atoms with van der Waals surface area (Å²) in [5.74, 6) is -1.57. The third-order valence-electron chi connectivity index (χ3n) is 2.63. The number of sulfonamides is 1. The summed E-state index contributed by atoms with van der Waals surface area (Å²) in [7, 11) is -2.34. The van der Waals surface area contributed by atoms with Crippen molar-refractivity contribution in [2.24, 2.45) is 0 Å². The number of nitrogens with zero attached hydrogens (tertiary/aromatic N) is 1. The second kappa shape index (κ2) is 6.01. The second-order valence-corrected chi connectivity index (χ2v) is 6.03. The van der Waals surface area contributed by atoms with E-state index in [4.69, 9.17) is 5.11 Å². The standard InChI is InChI=1S/C9H16N2O6S/c1-17-9(14)10-7-2-4-11(6-7)18(15,16)5-3-8(12)13/h7H,2-6H2,1H3,(H,10,14)(H,12,13). The largest absolute Gasteiger partial charge is 0.481 e. The average Bonchev–Trinajstić information content (AvgIpc) is 2.75. The van der Waals surface area contributed by atoms with Gasteiger partial charge in [0.05, 0.1) is 19.3 Å². The molecule has 0 spiro atoms. The lowest BCUT2D eigenvalue weighted by Gasteiger charge is -2.16. The SMILES string of the molecule is COC(=O)NC1CCN(S(=O)(=O)CCC(=O)O)C1. The summed E-state index contributed by atoms with van der Waals surface area (Å²) < 4.78 is 29.1. The van der Waals surface area contributed by atoms with Crippen LogP contribution in [0.4, 0.5) is 4.79 Å². The van der Waals surface area contributed by atoms with E-state index in [1.807, 2.05) is 0 Å². The lowest BCUT2D eigenvalue weighted by Crippen LogP contribution is -2.39. The topological polar surface area (TPSA) is 113 Å². The van der Waals surface area contributed by atoms with Gasteiger partial charge >= 0.3 is 12.1 Å². The molecular formula is C9H16N2O6S. The second-order valence-electron chi connectivity index (χ2n) is 3.94. The molecule has 0 aromatic heterocycles. The maximum Gasteiger partial charge on any atom is 0.407 e. The maximum atomic E-state index is 11.8. The Labute approximate surface area is 105 Å². The van der Waals surface area contributed by atoms with Crippen molar-refractivity contribution in [1.82, 2.24) is 9.62 Å². The van der Waals surface area contributed by atoms with Gasteiger partial charge in [0, 0.05) is 19.1 Å². The summed E-state index contributed by atoms with van der Waals surface area (Å²) in [6.45, 7) is 0.424. The van der Waals surface area contributed by atoms with E-state index >= 15 is 0 Å². The van der Waals surface area contributed by atoms with Crippen LogP contribution in [-0.4, -0.2) is 61.9 Å². The molecule has 1 heterocycles. The van der Waals surface area contributed by atoms with E-state index in [-0.39, 0.29) is 19.1 Å². The van der Waals surface area contributed by atoms with E-state index in [0.717, 1.165) is 0 Å². The molecule has 9 heteroatoms. The van der Waals surface area contributed by atoms with Crippen LogP contribution in [0.3, 0.4) is 0 Å². The summed E-state index contributed by atoms with van der Waals surface area (Å²) >= 11 is 0. The van der Waals surface area contributed by atoms with Crippen molar-refractivity contribution < 1.29 is 27.9 Å². The van der Waals surface area contributed by atoms with Crippen molar-refractivity contribution in [2.75, 3.05) is 26.0 Å². The lowest BCUT2D eigenvalue weighted by atomic mass is 10.3. The normalized spacial score (nSPS) is 20.6. The van der Waals surface area contributed by atoms with Crippen LogP contribution in [-0.2, 0) is 19.6 Å². The minimum atomic E-state index is -3.57. The zero-order valence-electron chi connectivity index (χ0n) is 9.96. The van der Waals surface area contributed by atoms with Crippen LogP contribution >= 0.6 is 0 Å². The third kappa shape index (κ3) is 4.15. The van der Waals surface area contributed by atoms with Crippen molar-refractivity contribution >= 4 is 22.1 Å². The number of carbonyl (C=O) groups is 2. The Hall–Kier alpha value is -1.35. The molecule has 104 valence electrons. The number of carboxylic acid groups (broad SMARTS) is 1. The predicted molar refractivity (Wildman–Crippen MR) is 61.6 cm³/mol. The Bertz CT molecular complexity index is 421. The van der Waals surface area contributed by atoms with Gasteiger partial charge in [-0.2, -0.15) is 4.31 Å². The number of carboxylic acids is 1. The smallest absolute Gasteiger partial charge is 0.407 e. The van der Waals surface area contributed by atoms with Crippen LogP contribution in [0.2, 0.25) is 0 Å². The van der Waals surface area contributed by atoms with Gasteiger partial charge in [-0.05, 0) is 6.42 Å². The quantitative estimate of drug-likeness (QED) is 0.683. The molecule has 1 aliphatic rings. The van der Waals surface area contributed by atoms with Gasteiger partial charge in [0.1, 0.15) is 0 Å². The average molecular weight is 280 g/mol. The molecule has 2 N–H and O–H groups in total.